The number of carbonyl (C=O) groups excluding carboxylic acids is 1. The van der Waals surface area contributed by atoms with E-state index in [4.69, 9.17) is 0 Å². The molecule has 4 nitrogen and oxygen atoms in total. The summed E-state index contributed by atoms with van der Waals surface area (Å²) >= 11 is 0. The monoisotopic (exact) mass is 207 g/mol. The lowest BCUT2D eigenvalue weighted by Crippen LogP contribution is -2.38. The molecule has 1 amide bonds. The van der Waals surface area contributed by atoms with Crippen LogP contribution in [0.25, 0.3) is 0 Å². The van der Waals surface area contributed by atoms with Crippen LogP contribution in [0.15, 0.2) is 12.4 Å². The molecule has 1 aliphatic heterocycles. The van der Waals surface area contributed by atoms with Crippen molar-refractivity contribution in [2.75, 3.05) is 13.1 Å². The van der Waals surface area contributed by atoms with Gasteiger partial charge in [0.15, 0.2) is 0 Å². The number of imidazole rings is 1. The van der Waals surface area contributed by atoms with Crippen molar-refractivity contribution in [3.8, 4) is 0 Å². The zero-order valence-electron chi connectivity index (χ0n) is 9.07. The Kier molecular flexibility index (Phi) is 3.04. The molecule has 1 fully saturated rings. The maximum absolute atomic E-state index is 12.1. The fraction of sp³-hybridized carbons (Fsp3) is 0.636. The summed E-state index contributed by atoms with van der Waals surface area (Å²) in [4.78, 5) is 21.1. The van der Waals surface area contributed by atoms with E-state index in [0.717, 1.165) is 31.8 Å². The number of aromatic amines is 1. The molecule has 1 aromatic heterocycles. The molecule has 1 saturated heterocycles. The van der Waals surface area contributed by atoms with Crippen molar-refractivity contribution < 1.29 is 4.79 Å². The topological polar surface area (TPSA) is 49.0 Å². The Morgan fingerprint density at radius 3 is 2.80 bits per heavy atom. The average molecular weight is 207 g/mol. The normalized spacial score (nSPS) is 18.9. The second-order valence-electron chi connectivity index (χ2n) is 4.08. The molecule has 0 spiro atoms. The highest BCUT2D eigenvalue weighted by atomic mass is 16.2. The lowest BCUT2D eigenvalue weighted by atomic mass is 10.1. The van der Waals surface area contributed by atoms with Gasteiger partial charge in [0.1, 0.15) is 5.82 Å². The van der Waals surface area contributed by atoms with Crippen molar-refractivity contribution in [2.24, 2.45) is 0 Å². The number of piperidine rings is 1. The van der Waals surface area contributed by atoms with Crippen molar-refractivity contribution in [3.63, 3.8) is 0 Å². The van der Waals surface area contributed by atoms with Gasteiger partial charge in [-0.05, 0) is 26.2 Å². The summed E-state index contributed by atoms with van der Waals surface area (Å²) in [5, 5.41) is 0. The number of nitrogens with zero attached hydrogens (tertiary/aromatic N) is 2. The summed E-state index contributed by atoms with van der Waals surface area (Å²) in [7, 11) is 0. The molecular formula is C11H17N3O. The van der Waals surface area contributed by atoms with Crippen LogP contribution in [0.1, 0.15) is 37.9 Å². The summed E-state index contributed by atoms with van der Waals surface area (Å²) in [6.45, 7) is 3.73. The van der Waals surface area contributed by atoms with Crippen molar-refractivity contribution in [2.45, 2.75) is 32.1 Å². The van der Waals surface area contributed by atoms with Gasteiger partial charge in [-0.3, -0.25) is 4.79 Å². The van der Waals surface area contributed by atoms with Gasteiger partial charge >= 0.3 is 0 Å². The quantitative estimate of drug-likeness (QED) is 0.799. The number of rotatable bonds is 2. The molecule has 1 unspecified atom stereocenters. The molecule has 1 aliphatic rings. The lowest BCUT2D eigenvalue weighted by molar-refractivity contribution is -0.133. The third kappa shape index (κ3) is 2.19. The molecule has 1 atom stereocenters. The van der Waals surface area contributed by atoms with Gasteiger partial charge in [0, 0.05) is 25.5 Å². The van der Waals surface area contributed by atoms with Gasteiger partial charge in [-0.2, -0.15) is 0 Å². The van der Waals surface area contributed by atoms with Crippen LogP contribution in [0.5, 0.6) is 0 Å². The number of aromatic nitrogens is 2. The minimum Gasteiger partial charge on any atom is -0.348 e. The third-order valence-electron chi connectivity index (χ3n) is 2.97. The number of amides is 1. The first-order valence-electron chi connectivity index (χ1n) is 5.57. The number of hydrogen-bond donors (Lipinski definition) is 1. The summed E-state index contributed by atoms with van der Waals surface area (Å²) in [5.74, 6) is 0.827. The predicted octanol–water partition coefficient (Wildman–Crippen LogP) is 1.53. The minimum absolute atomic E-state index is 0.141. The Balaban J connectivity index is 2.00. The highest BCUT2D eigenvalue weighted by Gasteiger charge is 2.24. The Bertz CT molecular complexity index is 315. The summed E-state index contributed by atoms with van der Waals surface area (Å²) in [6, 6.07) is 0. The van der Waals surface area contributed by atoms with E-state index in [1.807, 2.05) is 11.8 Å². The SMILES string of the molecule is CC(C(=O)N1CCCCC1)c1ncc[nH]1. The second kappa shape index (κ2) is 4.47. The van der Waals surface area contributed by atoms with E-state index in [1.165, 1.54) is 6.42 Å². The molecule has 4 heteroatoms. The van der Waals surface area contributed by atoms with E-state index >= 15 is 0 Å². The maximum Gasteiger partial charge on any atom is 0.233 e. The van der Waals surface area contributed by atoms with Crippen molar-refractivity contribution in [1.29, 1.82) is 0 Å². The highest BCUT2D eigenvalue weighted by molar-refractivity contribution is 5.82. The summed E-state index contributed by atoms with van der Waals surface area (Å²) in [5.41, 5.74) is 0. The van der Waals surface area contributed by atoms with Crippen LogP contribution in [0.4, 0.5) is 0 Å². The molecule has 1 N–H and O–H groups in total. The van der Waals surface area contributed by atoms with Gasteiger partial charge in [-0.1, -0.05) is 0 Å². The fourth-order valence-corrected chi connectivity index (χ4v) is 2.02. The van der Waals surface area contributed by atoms with Gasteiger partial charge in [0.05, 0.1) is 5.92 Å². The first-order valence-corrected chi connectivity index (χ1v) is 5.57. The largest absolute Gasteiger partial charge is 0.348 e. The molecule has 2 heterocycles. The lowest BCUT2D eigenvalue weighted by Gasteiger charge is -2.28. The van der Waals surface area contributed by atoms with Gasteiger partial charge in [-0.25, -0.2) is 4.98 Å². The van der Waals surface area contributed by atoms with Gasteiger partial charge < -0.3 is 9.88 Å². The van der Waals surface area contributed by atoms with Gasteiger partial charge in [-0.15, -0.1) is 0 Å². The number of likely N-dealkylation sites (tertiary alicyclic amines) is 1. The number of H-pyrrole nitrogens is 1. The number of hydrogen-bond acceptors (Lipinski definition) is 2. The molecule has 0 aliphatic carbocycles. The standard InChI is InChI=1S/C11H17N3O/c1-9(10-12-5-6-13-10)11(15)14-7-3-2-4-8-14/h5-6,9H,2-4,7-8H2,1H3,(H,12,13). The molecule has 2 rings (SSSR count). The van der Waals surface area contributed by atoms with Crippen LogP contribution in [0, 0.1) is 0 Å². The molecule has 0 aromatic carbocycles. The summed E-state index contributed by atoms with van der Waals surface area (Å²) in [6.07, 6.45) is 6.97. The van der Waals surface area contributed by atoms with Crippen LogP contribution < -0.4 is 0 Å². The first-order chi connectivity index (χ1) is 7.29. The fourth-order valence-electron chi connectivity index (χ4n) is 2.02. The highest BCUT2D eigenvalue weighted by Crippen LogP contribution is 2.17. The Morgan fingerprint density at radius 2 is 2.20 bits per heavy atom. The average Bonchev–Trinajstić information content (AvgIpc) is 2.82. The minimum atomic E-state index is -0.141. The van der Waals surface area contributed by atoms with Crippen LogP contribution in [-0.4, -0.2) is 33.9 Å². The van der Waals surface area contributed by atoms with E-state index in [9.17, 15) is 4.79 Å². The number of carbonyl (C=O) groups is 1. The van der Waals surface area contributed by atoms with Crippen LogP contribution in [-0.2, 0) is 4.79 Å². The van der Waals surface area contributed by atoms with Crippen LogP contribution >= 0.6 is 0 Å². The second-order valence-corrected chi connectivity index (χ2v) is 4.08. The zero-order valence-corrected chi connectivity index (χ0v) is 9.07. The summed E-state index contributed by atoms with van der Waals surface area (Å²) < 4.78 is 0. The van der Waals surface area contributed by atoms with Crippen molar-refractivity contribution in [3.05, 3.63) is 18.2 Å². The smallest absolute Gasteiger partial charge is 0.233 e. The molecule has 0 saturated carbocycles. The predicted molar refractivity (Wildman–Crippen MR) is 57.4 cm³/mol. The Labute approximate surface area is 89.7 Å². The van der Waals surface area contributed by atoms with E-state index in [-0.39, 0.29) is 11.8 Å². The molecule has 82 valence electrons. The van der Waals surface area contributed by atoms with Crippen LogP contribution in [0.2, 0.25) is 0 Å². The van der Waals surface area contributed by atoms with Gasteiger partial charge in [0.2, 0.25) is 5.91 Å². The first kappa shape index (κ1) is 10.2. The Hall–Kier alpha value is -1.32. The van der Waals surface area contributed by atoms with E-state index < -0.39 is 0 Å². The maximum atomic E-state index is 12.1. The van der Waals surface area contributed by atoms with Crippen molar-refractivity contribution >= 4 is 5.91 Å². The molecular weight excluding hydrogens is 190 g/mol. The third-order valence-corrected chi connectivity index (χ3v) is 2.97. The molecule has 1 aromatic rings. The zero-order chi connectivity index (χ0) is 10.7. The Morgan fingerprint density at radius 1 is 1.47 bits per heavy atom. The molecule has 15 heavy (non-hydrogen) atoms. The van der Waals surface area contributed by atoms with E-state index in [0.29, 0.717) is 0 Å². The van der Waals surface area contributed by atoms with E-state index in [1.54, 1.807) is 12.4 Å². The number of nitrogens with one attached hydrogen (secondary N) is 1. The molecule has 0 bridgehead atoms. The van der Waals surface area contributed by atoms with E-state index in [2.05, 4.69) is 9.97 Å². The molecule has 0 radical (unpaired) electrons. The van der Waals surface area contributed by atoms with Gasteiger partial charge in [0.25, 0.3) is 0 Å². The van der Waals surface area contributed by atoms with Crippen LogP contribution in [0.3, 0.4) is 0 Å². The van der Waals surface area contributed by atoms with Crippen molar-refractivity contribution in [1.82, 2.24) is 14.9 Å².